The Morgan fingerprint density at radius 1 is 1.32 bits per heavy atom. The number of hydrogen-bond donors (Lipinski definition) is 1. The largest absolute Gasteiger partial charge is 0.348 e. The van der Waals surface area contributed by atoms with E-state index in [1.54, 1.807) is 30.9 Å². The molecule has 1 aromatic rings. The minimum Gasteiger partial charge on any atom is -0.348 e. The van der Waals surface area contributed by atoms with Gasteiger partial charge >= 0.3 is 0 Å². The monoisotopic (exact) mass is 345 g/mol. The first-order chi connectivity index (χ1) is 11.9. The number of nitro benzene ring substituents is 1. The van der Waals surface area contributed by atoms with Crippen molar-refractivity contribution in [3.8, 4) is 0 Å². The quantitative estimate of drug-likeness (QED) is 0.655. The number of carbonyl (C=O) groups excluding carboxylic acids is 2. The summed E-state index contributed by atoms with van der Waals surface area (Å²) in [5, 5.41) is 14.0. The van der Waals surface area contributed by atoms with E-state index in [0.29, 0.717) is 24.1 Å². The fraction of sp³-hybridized carbons (Fsp3) is 0.556. The smallest absolute Gasteiger partial charge is 0.272 e. The van der Waals surface area contributed by atoms with E-state index in [0.717, 1.165) is 19.3 Å². The number of nitrogens with zero attached hydrogens (tertiary/aromatic N) is 2. The van der Waals surface area contributed by atoms with Gasteiger partial charge in [0.15, 0.2) is 0 Å². The van der Waals surface area contributed by atoms with E-state index in [1.807, 2.05) is 0 Å². The summed E-state index contributed by atoms with van der Waals surface area (Å²) in [7, 11) is 0. The van der Waals surface area contributed by atoms with Crippen LogP contribution in [0.2, 0.25) is 0 Å². The lowest BCUT2D eigenvalue weighted by atomic mass is 10.0. The number of likely N-dealkylation sites (tertiary alicyclic amines) is 1. The molecule has 2 aliphatic rings. The Bertz CT molecular complexity index is 714. The standard InChI is InChI=1S/C18H23N3O4/c1-11-5-6-14(10-16(11)21(24)25)12(2)19-17(22)15-4-3-9-20(15)18(23)13-7-8-13/h5-6,10,12-13,15H,3-4,7-9H2,1-2H3,(H,19,22). The van der Waals surface area contributed by atoms with Gasteiger partial charge in [-0.25, -0.2) is 0 Å². The van der Waals surface area contributed by atoms with E-state index in [4.69, 9.17) is 0 Å². The third kappa shape index (κ3) is 3.65. The minimum atomic E-state index is -0.420. The molecule has 0 bridgehead atoms. The molecule has 1 heterocycles. The number of hydrogen-bond acceptors (Lipinski definition) is 4. The second-order valence-corrected chi connectivity index (χ2v) is 7.00. The first kappa shape index (κ1) is 17.4. The zero-order valence-electron chi connectivity index (χ0n) is 14.5. The molecule has 0 radical (unpaired) electrons. The molecule has 1 aliphatic heterocycles. The third-order valence-corrected chi connectivity index (χ3v) is 5.05. The molecule has 1 N–H and O–H groups in total. The number of nitro groups is 1. The number of benzene rings is 1. The van der Waals surface area contributed by atoms with Gasteiger partial charge in [0.25, 0.3) is 5.69 Å². The molecule has 7 heteroatoms. The lowest BCUT2D eigenvalue weighted by molar-refractivity contribution is -0.385. The van der Waals surface area contributed by atoms with Gasteiger partial charge in [0.2, 0.25) is 11.8 Å². The molecular weight excluding hydrogens is 322 g/mol. The summed E-state index contributed by atoms with van der Waals surface area (Å²) in [6.07, 6.45) is 3.35. The van der Waals surface area contributed by atoms with Crippen molar-refractivity contribution in [1.29, 1.82) is 0 Å². The molecule has 3 rings (SSSR count). The highest BCUT2D eigenvalue weighted by molar-refractivity contribution is 5.90. The molecule has 0 aromatic heterocycles. The molecule has 134 valence electrons. The number of nitrogens with one attached hydrogen (secondary N) is 1. The highest BCUT2D eigenvalue weighted by atomic mass is 16.6. The van der Waals surface area contributed by atoms with Crippen LogP contribution in [0.5, 0.6) is 0 Å². The summed E-state index contributed by atoms with van der Waals surface area (Å²) < 4.78 is 0. The molecule has 0 spiro atoms. The third-order valence-electron chi connectivity index (χ3n) is 5.05. The maximum absolute atomic E-state index is 12.6. The van der Waals surface area contributed by atoms with Crippen molar-refractivity contribution in [3.05, 3.63) is 39.4 Å². The SMILES string of the molecule is Cc1ccc(C(C)NC(=O)C2CCCN2C(=O)C2CC2)cc1[N+](=O)[O-]. The molecular formula is C18H23N3O4. The molecule has 2 unspecified atom stereocenters. The Morgan fingerprint density at radius 2 is 2.04 bits per heavy atom. The molecule has 1 aromatic carbocycles. The summed E-state index contributed by atoms with van der Waals surface area (Å²) in [6.45, 7) is 4.12. The van der Waals surface area contributed by atoms with Crippen molar-refractivity contribution in [1.82, 2.24) is 10.2 Å². The summed E-state index contributed by atoms with van der Waals surface area (Å²) in [6, 6.07) is 4.20. The fourth-order valence-electron chi connectivity index (χ4n) is 3.35. The number of amides is 2. The Kier molecular flexibility index (Phi) is 4.74. The van der Waals surface area contributed by atoms with Gasteiger partial charge in [0, 0.05) is 24.1 Å². The average Bonchev–Trinajstić information content (AvgIpc) is 3.30. The van der Waals surface area contributed by atoms with Gasteiger partial charge in [-0.3, -0.25) is 19.7 Å². The van der Waals surface area contributed by atoms with Crippen LogP contribution in [-0.4, -0.2) is 34.2 Å². The van der Waals surface area contributed by atoms with Crippen LogP contribution in [0.1, 0.15) is 49.8 Å². The van der Waals surface area contributed by atoms with E-state index >= 15 is 0 Å². The van der Waals surface area contributed by atoms with E-state index in [-0.39, 0.29) is 29.5 Å². The summed E-state index contributed by atoms with van der Waals surface area (Å²) in [5.41, 5.74) is 1.32. The van der Waals surface area contributed by atoms with Gasteiger partial charge in [-0.05, 0) is 45.1 Å². The number of aryl methyl sites for hydroxylation is 1. The van der Waals surface area contributed by atoms with Crippen LogP contribution >= 0.6 is 0 Å². The van der Waals surface area contributed by atoms with Crippen LogP contribution < -0.4 is 5.32 Å². The van der Waals surface area contributed by atoms with Crippen LogP contribution in [0, 0.1) is 23.0 Å². The van der Waals surface area contributed by atoms with Crippen LogP contribution in [0.25, 0.3) is 0 Å². The first-order valence-electron chi connectivity index (χ1n) is 8.74. The highest BCUT2D eigenvalue weighted by Gasteiger charge is 2.41. The molecule has 1 aliphatic carbocycles. The molecule has 1 saturated heterocycles. The van der Waals surface area contributed by atoms with Crippen molar-refractivity contribution >= 4 is 17.5 Å². The second-order valence-electron chi connectivity index (χ2n) is 7.00. The summed E-state index contributed by atoms with van der Waals surface area (Å²) in [5.74, 6) is 0.0177. The summed E-state index contributed by atoms with van der Waals surface area (Å²) in [4.78, 5) is 37.3. The molecule has 2 atom stereocenters. The molecule has 2 fully saturated rings. The maximum atomic E-state index is 12.6. The molecule has 7 nitrogen and oxygen atoms in total. The molecule has 1 saturated carbocycles. The van der Waals surface area contributed by atoms with Gasteiger partial charge in [-0.15, -0.1) is 0 Å². The summed E-state index contributed by atoms with van der Waals surface area (Å²) >= 11 is 0. The van der Waals surface area contributed by atoms with E-state index in [2.05, 4.69) is 5.32 Å². The normalized spacial score (nSPS) is 21.0. The predicted molar refractivity (Wildman–Crippen MR) is 91.9 cm³/mol. The Hall–Kier alpha value is -2.44. The zero-order chi connectivity index (χ0) is 18.1. The Labute approximate surface area is 146 Å². The maximum Gasteiger partial charge on any atom is 0.272 e. The topological polar surface area (TPSA) is 92.6 Å². The second kappa shape index (κ2) is 6.82. The lowest BCUT2D eigenvalue weighted by Crippen LogP contribution is -2.47. The van der Waals surface area contributed by atoms with Crippen molar-refractivity contribution in [2.24, 2.45) is 5.92 Å². The number of rotatable bonds is 5. The molecule has 2 amide bonds. The van der Waals surface area contributed by atoms with Crippen LogP contribution in [0.4, 0.5) is 5.69 Å². The first-order valence-corrected chi connectivity index (χ1v) is 8.74. The van der Waals surface area contributed by atoms with E-state index < -0.39 is 11.0 Å². The number of carbonyl (C=O) groups is 2. The van der Waals surface area contributed by atoms with Crippen molar-refractivity contribution in [2.75, 3.05) is 6.54 Å². The zero-order valence-corrected chi connectivity index (χ0v) is 14.5. The van der Waals surface area contributed by atoms with E-state index in [9.17, 15) is 19.7 Å². The van der Waals surface area contributed by atoms with Crippen LogP contribution in [0.15, 0.2) is 18.2 Å². The van der Waals surface area contributed by atoms with Gasteiger partial charge < -0.3 is 10.2 Å². The van der Waals surface area contributed by atoms with Crippen molar-refractivity contribution in [3.63, 3.8) is 0 Å². The van der Waals surface area contributed by atoms with Crippen molar-refractivity contribution in [2.45, 2.75) is 51.6 Å². The Balaban J connectivity index is 1.68. The van der Waals surface area contributed by atoms with Crippen molar-refractivity contribution < 1.29 is 14.5 Å². The van der Waals surface area contributed by atoms with Crippen LogP contribution in [0.3, 0.4) is 0 Å². The lowest BCUT2D eigenvalue weighted by Gasteiger charge is -2.25. The van der Waals surface area contributed by atoms with Gasteiger partial charge in [-0.2, -0.15) is 0 Å². The predicted octanol–water partition coefficient (Wildman–Crippen LogP) is 2.48. The van der Waals surface area contributed by atoms with Gasteiger partial charge in [0.1, 0.15) is 6.04 Å². The highest BCUT2D eigenvalue weighted by Crippen LogP contribution is 2.34. The molecule has 25 heavy (non-hydrogen) atoms. The van der Waals surface area contributed by atoms with E-state index in [1.165, 1.54) is 6.07 Å². The van der Waals surface area contributed by atoms with Gasteiger partial charge in [0.05, 0.1) is 11.0 Å². The fourth-order valence-corrected chi connectivity index (χ4v) is 3.35. The Morgan fingerprint density at radius 3 is 2.68 bits per heavy atom. The van der Waals surface area contributed by atoms with Gasteiger partial charge in [-0.1, -0.05) is 12.1 Å². The van der Waals surface area contributed by atoms with Crippen LogP contribution in [-0.2, 0) is 9.59 Å². The average molecular weight is 345 g/mol. The minimum absolute atomic E-state index is 0.0463.